The largest absolute Gasteiger partial charge is 0.337 e. The minimum absolute atomic E-state index is 0.0896. The number of amides is 1. The Morgan fingerprint density at radius 2 is 1.50 bits per heavy atom. The van der Waals surface area contributed by atoms with Gasteiger partial charge in [-0.1, -0.05) is 0 Å². The Balaban J connectivity index is 2.13. The van der Waals surface area contributed by atoms with Gasteiger partial charge in [0.15, 0.2) is 0 Å². The van der Waals surface area contributed by atoms with Crippen molar-refractivity contribution in [3.63, 3.8) is 0 Å². The van der Waals surface area contributed by atoms with E-state index in [4.69, 9.17) is 10.5 Å². The first-order chi connectivity index (χ1) is 13.4. The van der Waals surface area contributed by atoms with Crippen molar-refractivity contribution in [1.82, 2.24) is 4.90 Å². The van der Waals surface area contributed by atoms with Gasteiger partial charge in [-0.3, -0.25) is 9.52 Å². The van der Waals surface area contributed by atoms with Gasteiger partial charge in [-0.25, -0.2) is 12.8 Å². The molecule has 2 aromatic rings. The van der Waals surface area contributed by atoms with E-state index in [9.17, 15) is 17.6 Å². The quantitative estimate of drug-likeness (QED) is 0.732. The predicted molar refractivity (Wildman–Crippen MR) is 100 cm³/mol. The van der Waals surface area contributed by atoms with Gasteiger partial charge in [0.2, 0.25) is 0 Å². The molecule has 2 rings (SSSR count). The first-order valence-electron chi connectivity index (χ1n) is 8.29. The van der Waals surface area contributed by atoms with Gasteiger partial charge in [0, 0.05) is 24.3 Å². The fraction of sp³-hybridized carbons (Fsp3) is 0.211. The van der Waals surface area contributed by atoms with E-state index in [1.165, 1.54) is 29.2 Å². The molecule has 144 valence electrons. The van der Waals surface area contributed by atoms with Crippen molar-refractivity contribution in [2.45, 2.75) is 17.7 Å². The Morgan fingerprint density at radius 3 is 2.00 bits per heavy atom. The lowest BCUT2D eigenvalue weighted by molar-refractivity contribution is 0.0762. The van der Waals surface area contributed by atoms with Crippen LogP contribution in [0.5, 0.6) is 0 Å². The molecule has 0 saturated heterocycles. The van der Waals surface area contributed by atoms with Crippen molar-refractivity contribution in [2.75, 3.05) is 17.8 Å². The highest BCUT2D eigenvalue weighted by Gasteiger charge is 2.17. The molecular weight excluding hydrogens is 383 g/mol. The number of carbonyl (C=O) groups excluding carboxylic acids is 1. The molecule has 0 atom stereocenters. The van der Waals surface area contributed by atoms with Crippen LogP contribution in [0.1, 0.15) is 23.2 Å². The predicted octanol–water partition coefficient (Wildman–Crippen LogP) is 2.90. The number of hydrogen-bond donors (Lipinski definition) is 1. The van der Waals surface area contributed by atoms with Crippen molar-refractivity contribution in [2.24, 2.45) is 0 Å². The van der Waals surface area contributed by atoms with E-state index in [1.54, 1.807) is 0 Å². The van der Waals surface area contributed by atoms with Crippen molar-refractivity contribution >= 4 is 21.6 Å². The number of rotatable bonds is 8. The van der Waals surface area contributed by atoms with Crippen LogP contribution >= 0.6 is 0 Å². The summed E-state index contributed by atoms with van der Waals surface area (Å²) < 4.78 is 39.9. The van der Waals surface area contributed by atoms with Crippen molar-refractivity contribution < 1.29 is 17.6 Å². The molecule has 0 radical (unpaired) electrons. The summed E-state index contributed by atoms with van der Waals surface area (Å²) in [6.07, 6.45) is 0.291. The summed E-state index contributed by atoms with van der Waals surface area (Å²) in [5.41, 5.74) is 0.544. The van der Waals surface area contributed by atoms with Gasteiger partial charge >= 0.3 is 0 Å². The summed E-state index contributed by atoms with van der Waals surface area (Å²) in [6.45, 7) is 0.409. The normalized spacial score (nSPS) is 10.5. The average molecular weight is 400 g/mol. The summed E-state index contributed by atoms with van der Waals surface area (Å²) in [5, 5.41) is 17.4. The summed E-state index contributed by atoms with van der Waals surface area (Å²) in [4.78, 5) is 13.9. The zero-order valence-corrected chi connectivity index (χ0v) is 15.6. The van der Waals surface area contributed by atoms with Crippen LogP contribution in [0.25, 0.3) is 0 Å². The van der Waals surface area contributed by atoms with Gasteiger partial charge in [0.05, 0.1) is 29.9 Å². The molecular formula is C19H17FN4O3S. The van der Waals surface area contributed by atoms with Crippen LogP contribution in [-0.2, 0) is 10.0 Å². The smallest absolute Gasteiger partial charge is 0.261 e. The zero-order chi connectivity index (χ0) is 20.6. The van der Waals surface area contributed by atoms with Gasteiger partial charge < -0.3 is 4.90 Å². The van der Waals surface area contributed by atoms with E-state index in [0.29, 0.717) is 5.56 Å². The van der Waals surface area contributed by atoms with E-state index in [2.05, 4.69) is 4.72 Å². The van der Waals surface area contributed by atoms with Crippen molar-refractivity contribution in [1.29, 1.82) is 10.5 Å². The molecule has 0 spiro atoms. The third kappa shape index (κ3) is 5.53. The van der Waals surface area contributed by atoms with E-state index in [1.807, 2.05) is 12.1 Å². The second kappa shape index (κ2) is 9.49. The van der Waals surface area contributed by atoms with Crippen LogP contribution in [0, 0.1) is 28.5 Å². The van der Waals surface area contributed by atoms with Crippen molar-refractivity contribution in [3.8, 4) is 12.1 Å². The molecule has 7 nitrogen and oxygen atoms in total. The Bertz CT molecular complexity index is 989. The molecule has 1 amide bonds. The fourth-order valence-corrected chi connectivity index (χ4v) is 3.43. The van der Waals surface area contributed by atoms with Gasteiger partial charge in [-0.2, -0.15) is 10.5 Å². The molecule has 1 N–H and O–H groups in total. The van der Waals surface area contributed by atoms with Gasteiger partial charge in [-0.05, 0) is 48.5 Å². The van der Waals surface area contributed by atoms with Gasteiger partial charge in [-0.15, -0.1) is 0 Å². The van der Waals surface area contributed by atoms with E-state index < -0.39 is 15.8 Å². The Hall–Kier alpha value is -3.43. The summed E-state index contributed by atoms with van der Waals surface area (Å²) in [6, 6.07) is 14.1. The lowest BCUT2D eigenvalue weighted by Crippen LogP contribution is -2.32. The SMILES string of the molecule is N#CCCN(CCC#N)C(=O)c1ccc(NS(=O)(=O)c2ccc(F)cc2)cc1. The molecule has 28 heavy (non-hydrogen) atoms. The first-order valence-corrected chi connectivity index (χ1v) is 9.77. The highest BCUT2D eigenvalue weighted by molar-refractivity contribution is 7.92. The molecule has 0 aliphatic carbocycles. The molecule has 0 aliphatic rings. The number of carbonyl (C=O) groups is 1. The summed E-state index contributed by atoms with van der Waals surface area (Å²) >= 11 is 0. The molecule has 2 aromatic carbocycles. The molecule has 0 fully saturated rings. The highest BCUT2D eigenvalue weighted by atomic mass is 32.2. The maximum atomic E-state index is 13.0. The van der Waals surface area contributed by atoms with Crippen molar-refractivity contribution in [3.05, 3.63) is 59.9 Å². The van der Waals surface area contributed by atoms with Crippen LogP contribution in [-0.4, -0.2) is 32.3 Å². The zero-order valence-electron chi connectivity index (χ0n) is 14.8. The highest BCUT2D eigenvalue weighted by Crippen LogP contribution is 2.18. The average Bonchev–Trinajstić information content (AvgIpc) is 2.68. The Kier molecular flexibility index (Phi) is 7.08. The van der Waals surface area contributed by atoms with E-state index >= 15 is 0 Å². The third-order valence-corrected chi connectivity index (χ3v) is 5.18. The number of hydrogen-bond acceptors (Lipinski definition) is 5. The topological polar surface area (TPSA) is 114 Å². The van der Waals surface area contributed by atoms with E-state index in [-0.39, 0.29) is 42.4 Å². The second-order valence-electron chi connectivity index (χ2n) is 5.75. The minimum atomic E-state index is -3.89. The molecule has 0 aromatic heterocycles. The molecule has 0 aliphatic heterocycles. The molecule has 0 saturated carbocycles. The summed E-state index contributed by atoms with van der Waals surface area (Å²) in [7, 11) is -3.89. The summed E-state index contributed by atoms with van der Waals surface area (Å²) in [5.74, 6) is -0.891. The van der Waals surface area contributed by atoms with Crippen LogP contribution in [0.3, 0.4) is 0 Å². The lowest BCUT2D eigenvalue weighted by atomic mass is 10.1. The lowest BCUT2D eigenvalue weighted by Gasteiger charge is -2.20. The number of anilines is 1. The van der Waals surface area contributed by atoms with Crippen LogP contribution < -0.4 is 4.72 Å². The Labute approximate surface area is 162 Å². The number of halogens is 1. The first kappa shape index (κ1) is 20.9. The molecule has 9 heteroatoms. The minimum Gasteiger partial charge on any atom is -0.337 e. The van der Waals surface area contributed by atoms with Gasteiger partial charge in [0.25, 0.3) is 15.9 Å². The van der Waals surface area contributed by atoms with Crippen LogP contribution in [0.2, 0.25) is 0 Å². The monoisotopic (exact) mass is 400 g/mol. The third-order valence-electron chi connectivity index (χ3n) is 3.78. The Morgan fingerprint density at radius 1 is 0.964 bits per heavy atom. The molecule has 0 heterocycles. The van der Waals surface area contributed by atoms with Gasteiger partial charge in [0.1, 0.15) is 5.82 Å². The second-order valence-corrected chi connectivity index (χ2v) is 7.43. The number of benzene rings is 2. The molecule has 0 unspecified atom stereocenters. The van der Waals surface area contributed by atoms with Crippen LogP contribution in [0.15, 0.2) is 53.4 Å². The number of nitrogens with zero attached hydrogens (tertiary/aromatic N) is 3. The number of sulfonamides is 1. The number of nitrogens with one attached hydrogen (secondary N) is 1. The molecule has 0 bridgehead atoms. The van der Waals surface area contributed by atoms with E-state index in [0.717, 1.165) is 24.3 Å². The maximum absolute atomic E-state index is 13.0. The van der Waals surface area contributed by atoms with Crippen LogP contribution in [0.4, 0.5) is 10.1 Å². The fourth-order valence-electron chi connectivity index (χ4n) is 2.38. The standard InChI is InChI=1S/C19H17FN4O3S/c20-16-5-9-18(10-6-16)28(26,27)23-17-7-3-15(4-8-17)19(25)24(13-1-11-21)14-2-12-22/h3-10,23H,1-2,13-14H2. The maximum Gasteiger partial charge on any atom is 0.261 e. The number of nitriles is 2.